The Morgan fingerprint density at radius 3 is 3.12 bits per heavy atom. The Labute approximate surface area is 106 Å². The molecule has 0 amide bonds. The summed E-state index contributed by atoms with van der Waals surface area (Å²) < 4.78 is 0. The molecule has 4 heteroatoms. The lowest BCUT2D eigenvalue weighted by atomic mass is 9.71. The predicted octanol–water partition coefficient (Wildman–Crippen LogP) is 2.58. The number of piperidine rings is 1. The molecule has 2 aliphatic rings. The summed E-state index contributed by atoms with van der Waals surface area (Å²) in [5.74, 6) is 0.453. The number of anilines is 1. The monoisotopic (exact) mass is 252 g/mol. The van der Waals surface area contributed by atoms with E-state index < -0.39 is 0 Å². The minimum Gasteiger partial charge on any atom is -0.389 e. The van der Waals surface area contributed by atoms with Gasteiger partial charge in [-0.05, 0) is 26.2 Å². The molecule has 1 aromatic rings. The van der Waals surface area contributed by atoms with E-state index in [2.05, 4.69) is 15.3 Å². The second-order valence-corrected chi connectivity index (χ2v) is 6.35. The zero-order chi connectivity index (χ0) is 11.9. The lowest BCUT2D eigenvalue weighted by Crippen LogP contribution is -2.53. The quantitative estimate of drug-likeness (QED) is 0.834. The molecule has 17 heavy (non-hydrogen) atoms. The number of rotatable bonds is 1. The summed E-state index contributed by atoms with van der Waals surface area (Å²) in [4.78, 5) is 6.92. The molecule has 1 saturated heterocycles. The molecule has 0 radical (unpaired) electrons. The molecule has 94 valence electrons. The van der Waals surface area contributed by atoms with Crippen molar-refractivity contribution in [1.82, 2.24) is 4.98 Å². The van der Waals surface area contributed by atoms with Gasteiger partial charge in [-0.3, -0.25) is 0 Å². The molecular formula is C13H20N2OS. The van der Waals surface area contributed by atoms with E-state index in [1.54, 1.807) is 11.3 Å². The summed E-state index contributed by atoms with van der Waals surface area (Å²) in [6, 6.07) is 0. The van der Waals surface area contributed by atoms with Crippen LogP contribution in [-0.4, -0.2) is 28.8 Å². The number of hydrogen-bond donors (Lipinski definition) is 1. The van der Waals surface area contributed by atoms with Crippen LogP contribution in [0.15, 0.2) is 5.38 Å². The average Bonchev–Trinajstić information content (AvgIpc) is 2.75. The fourth-order valence-electron chi connectivity index (χ4n) is 3.23. The summed E-state index contributed by atoms with van der Waals surface area (Å²) in [5.41, 5.74) is 0.732. The highest BCUT2D eigenvalue weighted by Gasteiger charge is 2.43. The zero-order valence-electron chi connectivity index (χ0n) is 10.4. The van der Waals surface area contributed by atoms with Gasteiger partial charge in [0, 0.05) is 24.4 Å². The number of nitrogens with zero attached hydrogens (tertiary/aromatic N) is 2. The molecule has 2 heterocycles. The van der Waals surface area contributed by atoms with Crippen LogP contribution in [0.2, 0.25) is 0 Å². The summed E-state index contributed by atoms with van der Waals surface area (Å²) in [6.45, 7) is 3.99. The highest BCUT2D eigenvalue weighted by atomic mass is 32.1. The fraction of sp³-hybridized carbons (Fsp3) is 0.769. The van der Waals surface area contributed by atoms with Crippen LogP contribution in [-0.2, 0) is 0 Å². The van der Waals surface area contributed by atoms with E-state index in [-0.39, 0.29) is 5.60 Å². The van der Waals surface area contributed by atoms with Gasteiger partial charge in [0.1, 0.15) is 0 Å². The van der Waals surface area contributed by atoms with E-state index >= 15 is 0 Å². The van der Waals surface area contributed by atoms with Crippen LogP contribution in [0.4, 0.5) is 5.13 Å². The summed E-state index contributed by atoms with van der Waals surface area (Å²) in [5, 5.41) is 13.9. The molecule has 0 aromatic carbocycles. The van der Waals surface area contributed by atoms with Crippen molar-refractivity contribution >= 4 is 16.5 Å². The lowest BCUT2D eigenvalue weighted by molar-refractivity contribution is -0.0612. The Balaban J connectivity index is 1.75. The van der Waals surface area contributed by atoms with Crippen LogP contribution in [0.25, 0.3) is 0 Å². The molecule has 2 atom stereocenters. The molecule has 1 aliphatic heterocycles. The molecule has 3 nitrogen and oxygen atoms in total. The van der Waals surface area contributed by atoms with Gasteiger partial charge >= 0.3 is 0 Å². The van der Waals surface area contributed by atoms with Crippen LogP contribution in [0.5, 0.6) is 0 Å². The summed E-state index contributed by atoms with van der Waals surface area (Å²) in [6.07, 6.45) is 5.57. The van der Waals surface area contributed by atoms with Gasteiger partial charge in [-0.1, -0.05) is 12.8 Å². The van der Waals surface area contributed by atoms with Gasteiger partial charge in [0.2, 0.25) is 0 Å². The van der Waals surface area contributed by atoms with E-state index in [9.17, 15) is 5.11 Å². The van der Waals surface area contributed by atoms with Crippen molar-refractivity contribution < 1.29 is 5.11 Å². The van der Waals surface area contributed by atoms with Gasteiger partial charge in [0.25, 0.3) is 0 Å². The Morgan fingerprint density at radius 1 is 1.47 bits per heavy atom. The van der Waals surface area contributed by atoms with Crippen LogP contribution in [0, 0.1) is 12.8 Å². The number of hydrogen-bond acceptors (Lipinski definition) is 4. The van der Waals surface area contributed by atoms with E-state index in [4.69, 9.17) is 0 Å². The largest absolute Gasteiger partial charge is 0.389 e. The first-order valence-electron chi connectivity index (χ1n) is 6.57. The molecule has 1 aromatic heterocycles. The van der Waals surface area contributed by atoms with Crippen LogP contribution in [0.1, 0.15) is 37.8 Å². The van der Waals surface area contributed by atoms with E-state index in [0.29, 0.717) is 5.92 Å². The van der Waals surface area contributed by atoms with Gasteiger partial charge < -0.3 is 10.0 Å². The Morgan fingerprint density at radius 2 is 2.35 bits per heavy atom. The van der Waals surface area contributed by atoms with Crippen molar-refractivity contribution in [3.8, 4) is 0 Å². The van der Waals surface area contributed by atoms with Crippen molar-refractivity contribution in [2.24, 2.45) is 5.92 Å². The third-order valence-electron chi connectivity index (χ3n) is 4.31. The van der Waals surface area contributed by atoms with Gasteiger partial charge in [0.15, 0.2) is 5.13 Å². The number of aryl methyl sites for hydroxylation is 1. The van der Waals surface area contributed by atoms with Gasteiger partial charge in [0.05, 0.1) is 11.3 Å². The number of aliphatic hydroxyl groups is 1. The highest BCUT2D eigenvalue weighted by molar-refractivity contribution is 7.13. The lowest BCUT2D eigenvalue weighted by Gasteiger charge is -2.47. The maximum Gasteiger partial charge on any atom is 0.185 e. The first-order valence-corrected chi connectivity index (χ1v) is 7.45. The number of thiazole rings is 1. The topological polar surface area (TPSA) is 36.4 Å². The minimum absolute atomic E-state index is 0.374. The third-order valence-corrected chi connectivity index (χ3v) is 5.32. The smallest absolute Gasteiger partial charge is 0.185 e. The molecule has 1 aliphatic carbocycles. The molecule has 1 saturated carbocycles. The summed E-state index contributed by atoms with van der Waals surface area (Å²) >= 11 is 1.73. The zero-order valence-corrected chi connectivity index (χ0v) is 11.2. The van der Waals surface area contributed by atoms with Crippen molar-refractivity contribution in [3.63, 3.8) is 0 Å². The maximum atomic E-state index is 10.6. The number of aromatic nitrogens is 1. The van der Waals surface area contributed by atoms with Crippen molar-refractivity contribution in [2.75, 3.05) is 18.0 Å². The van der Waals surface area contributed by atoms with Crippen LogP contribution < -0.4 is 4.90 Å². The Kier molecular flexibility index (Phi) is 2.87. The second-order valence-electron chi connectivity index (χ2n) is 5.51. The van der Waals surface area contributed by atoms with E-state index in [1.807, 2.05) is 6.92 Å². The number of fused-ring (bicyclic) bond motifs is 1. The molecule has 0 spiro atoms. The molecule has 1 N–H and O–H groups in total. The van der Waals surface area contributed by atoms with Crippen molar-refractivity contribution in [1.29, 1.82) is 0 Å². The van der Waals surface area contributed by atoms with E-state index in [0.717, 1.165) is 36.8 Å². The first-order chi connectivity index (χ1) is 8.17. The first kappa shape index (κ1) is 11.5. The third kappa shape index (κ3) is 2.08. The minimum atomic E-state index is -0.374. The average molecular weight is 252 g/mol. The molecule has 2 unspecified atom stereocenters. The van der Waals surface area contributed by atoms with Crippen molar-refractivity contribution in [2.45, 2.75) is 44.6 Å². The summed E-state index contributed by atoms with van der Waals surface area (Å²) in [7, 11) is 0. The standard InChI is InChI=1S/C13H20N2OS/c1-10-9-17-12(14-10)15-7-6-13(16)5-3-2-4-11(13)8-15/h9,11,16H,2-8H2,1H3. The van der Waals surface area contributed by atoms with Gasteiger partial charge in [-0.2, -0.15) is 0 Å². The Hall–Kier alpha value is -0.610. The highest BCUT2D eigenvalue weighted by Crippen LogP contribution is 2.41. The van der Waals surface area contributed by atoms with Crippen LogP contribution in [0.3, 0.4) is 0 Å². The molecule has 2 fully saturated rings. The van der Waals surface area contributed by atoms with Gasteiger partial charge in [-0.15, -0.1) is 11.3 Å². The maximum absolute atomic E-state index is 10.6. The predicted molar refractivity (Wildman–Crippen MR) is 70.6 cm³/mol. The molecular weight excluding hydrogens is 232 g/mol. The van der Waals surface area contributed by atoms with Gasteiger partial charge in [-0.25, -0.2) is 4.98 Å². The normalized spacial score (nSPS) is 33.5. The van der Waals surface area contributed by atoms with Crippen molar-refractivity contribution in [3.05, 3.63) is 11.1 Å². The molecule has 3 rings (SSSR count). The van der Waals surface area contributed by atoms with E-state index in [1.165, 1.54) is 19.3 Å². The Bertz CT molecular complexity index is 406. The molecule has 0 bridgehead atoms. The SMILES string of the molecule is Cc1csc(N2CCC3(O)CCCCC3C2)n1. The fourth-order valence-corrected chi connectivity index (χ4v) is 4.07. The van der Waals surface area contributed by atoms with Crippen LogP contribution >= 0.6 is 11.3 Å². The second kappa shape index (κ2) is 4.25.